The van der Waals surface area contributed by atoms with Crippen molar-refractivity contribution >= 4 is 15.8 Å². The van der Waals surface area contributed by atoms with Crippen LogP contribution in [0.3, 0.4) is 0 Å². The summed E-state index contributed by atoms with van der Waals surface area (Å²) in [7, 11) is -2.85. The third-order valence-electron chi connectivity index (χ3n) is 4.52. The minimum absolute atomic E-state index is 0.0805. The lowest BCUT2D eigenvalue weighted by atomic mass is 10.1. The standard InChI is InChI=1S/C18H29FN4O2S/c1-4-20-18(21-7-8-23-9-11-26(24,25)12-10-23)22-15(3)16-6-5-14(2)17(19)13-16/h5-6,13,15H,4,7-12H2,1-3H3,(H2,20,21,22). The van der Waals surface area contributed by atoms with Gasteiger partial charge in [0.1, 0.15) is 5.82 Å². The Bertz CT molecular complexity index is 723. The van der Waals surface area contributed by atoms with Gasteiger partial charge in [0.05, 0.1) is 24.1 Å². The fraction of sp³-hybridized carbons (Fsp3) is 0.611. The van der Waals surface area contributed by atoms with Crippen LogP contribution in [0.15, 0.2) is 23.2 Å². The van der Waals surface area contributed by atoms with Gasteiger partial charge in [0.2, 0.25) is 0 Å². The van der Waals surface area contributed by atoms with Crippen LogP contribution in [0.1, 0.15) is 31.0 Å². The Morgan fingerprint density at radius 1 is 1.35 bits per heavy atom. The van der Waals surface area contributed by atoms with Crippen molar-refractivity contribution in [2.24, 2.45) is 4.99 Å². The van der Waals surface area contributed by atoms with Gasteiger partial charge in [0.25, 0.3) is 0 Å². The Hall–Kier alpha value is -1.67. The van der Waals surface area contributed by atoms with Gasteiger partial charge in [0, 0.05) is 26.2 Å². The number of benzene rings is 1. The highest BCUT2D eigenvalue weighted by atomic mass is 32.2. The second kappa shape index (κ2) is 9.32. The Labute approximate surface area is 155 Å². The number of halogens is 1. The number of nitrogens with zero attached hydrogens (tertiary/aromatic N) is 2. The summed E-state index contributed by atoms with van der Waals surface area (Å²) in [6.45, 7) is 8.86. The van der Waals surface area contributed by atoms with Crippen molar-refractivity contribution in [2.45, 2.75) is 26.8 Å². The second-order valence-corrected chi connectivity index (χ2v) is 8.93. The van der Waals surface area contributed by atoms with E-state index in [1.165, 1.54) is 0 Å². The Balaban J connectivity index is 1.90. The molecular formula is C18H29FN4O2S. The van der Waals surface area contributed by atoms with Crippen LogP contribution in [0.4, 0.5) is 4.39 Å². The maximum absolute atomic E-state index is 13.8. The molecule has 1 atom stereocenters. The van der Waals surface area contributed by atoms with Gasteiger partial charge < -0.3 is 10.6 Å². The van der Waals surface area contributed by atoms with Gasteiger partial charge in [-0.15, -0.1) is 0 Å². The summed E-state index contributed by atoms with van der Waals surface area (Å²) in [6.07, 6.45) is 0. The maximum Gasteiger partial charge on any atom is 0.191 e. The van der Waals surface area contributed by atoms with Crippen LogP contribution >= 0.6 is 0 Å². The first kappa shape index (κ1) is 20.6. The van der Waals surface area contributed by atoms with Crippen LogP contribution in [-0.4, -0.2) is 63.5 Å². The van der Waals surface area contributed by atoms with Crippen LogP contribution < -0.4 is 10.6 Å². The first-order valence-electron chi connectivity index (χ1n) is 9.04. The van der Waals surface area contributed by atoms with Gasteiger partial charge in [-0.05, 0) is 38.0 Å². The molecule has 1 aromatic rings. The molecule has 1 saturated heterocycles. The molecule has 1 heterocycles. The summed E-state index contributed by atoms with van der Waals surface area (Å²) in [5.74, 6) is 0.916. The van der Waals surface area contributed by atoms with E-state index in [0.717, 1.165) is 18.7 Å². The van der Waals surface area contributed by atoms with Gasteiger partial charge in [-0.25, -0.2) is 12.8 Å². The van der Waals surface area contributed by atoms with Crippen LogP contribution in [0, 0.1) is 12.7 Å². The highest BCUT2D eigenvalue weighted by Gasteiger charge is 2.20. The van der Waals surface area contributed by atoms with Crippen LogP contribution in [-0.2, 0) is 9.84 Å². The molecule has 1 aromatic carbocycles. The van der Waals surface area contributed by atoms with Gasteiger partial charge in [0.15, 0.2) is 15.8 Å². The topological polar surface area (TPSA) is 73.8 Å². The zero-order valence-corrected chi connectivity index (χ0v) is 16.6. The van der Waals surface area contributed by atoms with Crippen molar-refractivity contribution in [3.8, 4) is 0 Å². The zero-order valence-electron chi connectivity index (χ0n) is 15.8. The van der Waals surface area contributed by atoms with Crippen molar-refractivity contribution in [3.63, 3.8) is 0 Å². The predicted octanol–water partition coefficient (Wildman–Crippen LogP) is 1.48. The average molecular weight is 385 g/mol. The van der Waals surface area contributed by atoms with E-state index in [2.05, 4.69) is 20.5 Å². The third kappa shape index (κ3) is 6.25. The maximum atomic E-state index is 13.8. The van der Waals surface area contributed by atoms with Gasteiger partial charge in [-0.1, -0.05) is 12.1 Å². The molecule has 0 saturated carbocycles. The zero-order chi connectivity index (χ0) is 19.2. The molecule has 0 aliphatic carbocycles. The minimum atomic E-state index is -2.85. The first-order chi connectivity index (χ1) is 12.3. The van der Waals surface area contributed by atoms with Crippen molar-refractivity contribution < 1.29 is 12.8 Å². The Morgan fingerprint density at radius 3 is 2.65 bits per heavy atom. The fourth-order valence-corrected chi connectivity index (χ4v) is 4.04. The lowest BCUT2D eigenvalue weighted by molar-refractivity contribution is 0.304. The lowest BCUT2D eigenvalue weighted by Gasteiger charge is -2.26. The van der Waals surface area contributed by atoms with Crippen LogP contribution in [0.25, 0.3) is 0 Å². The molecule has 0 bridgehead atoms. The van der Waals surface area contributed by atoms with Crippen LogP contribution in [0.5, 0.6) is 0 Å². The molecule has 0 amide bonds. The van der Waals surface area contributed by atoms with E-state index < -0.39 is 9.84 Å². The summed E-state index contributed by atoms with van der Waals surface area (Å²) in [6, 6.07) is 5.15. The van der Waals surface area contributed by atoms with E-state index >= 15 is 0 Å². The van der Waals surface area contributed by atoms with Crippen LogP contribution in [0.2, 0.25) is 0 Å². The number of hydrogen-bond acceptors (Lipinski definition) is 4. The summed E-state index contributed by atoms with van der Waals surface area (Å²) in [5.41, 5.74) is 1.49. The fourth-order valence-electron chi connectivity index (χ4n) is 2.76. The first-order valence-corrected chi connectivity index (χ1v) is 10.9. The lowest BCUT2D eigenvalue weighted by Crippen LogP contribution is -2.42. The molecule has 0 aromatic heterocycles. The second-order valence-electron chi connectivity index (χ2n) is 6.63. The molecule has 1 aliphatic rings. The van der Waals surface area contributed by atoms with Gasteiger partial charge in [-0.3, -0.25) is 9.89 Å². The molecule has 0 spiro atoms. The van der Waals surface area contributed by atoms with E-state index in [1.54, 1.807) is 19.1 Å². The summed E-state index contributed by atoms with van der Waals surface area (Å²) >= 11 is 0. The number of aliphatic imine (C=N–C) groups is 1. The number of sulfone groups is 1. The molecule has 8 heteroatoms. The largest absolute Gasteiger partial charge is 0.357 e. The van der Waals surface area contributed by atoms with Crippen molar-refractivity contribution in [2.75, 3.05) is 44.2 Å². The van der Waals surface area contributed by atoms with Crippen molar-refractivity contribution in [1.29, 1.82) is 0 Å². The number of nitrogens with one attached hydrogen (secondary N) is 2. The molecule has 146 valence electrons. The smallest absolute Gasteiger partial charge is 0.191 e. The number of hydrogen-bond donors (Lipinski definition) is 2. The monoisotopic (exact) mass is 384 g/mol. The highest BCUT2D eigenvalue weighted by Crippen LogP contribution is 2.16. The molecule has 1 aliphatic heterocycles. The normalized spacial score (nSPS) is 19.2. The van der Waals surface area contributed by atoms with Gasteiger partial charge >= 0.3 is 0 Å². The van der Waals surface area contributed by atoms with E-state index in [1.807, 2.05) is 19.9 Å². The quantitative estimate of drug-likeness (QED) is 0.574. The molecule has 6 nitrogen and oxygen atoms in total. The molecular weight excluding hydrogens is 355 g/mol. The Kier molecular flexibility index (Phi) is 7.40. The van der Waals surface area contributed by atoms with Crippen molar-refractivity contribution in [1.82, 2.24) is 15.5 Å². The van der Waals surface area contributed by atoms with E-state index in [9.17, 15) is 12.8 Å². The predicted molar refractivity (Wildman–Crippen MR) is 104 cm³/mol. The van der Waals surface area contributed by atoms with E-state index in [4.69, 9.17) is 0 Å². The molecule has 26 heavy (non-hydrogen) atoms. The summed E-state index contributed by atoms with van der Waals surface area (Å²) in [5, 5.41) is 6.48. The molecule has 1 unspecified atom stereocenters. The summed E-state index contributed by atoms with van der Waals surface area (Å²) < 4.78 is 36.7. The molecule has 0 radical (unpaired) electrons. The summed E-state index contributed by atoms with van der Waals surface area (Å²) in [4.78, 5) is 6.68. The van der Waals surface area contributed by atoms with E-state index in [0.29, 0.717) is 31.2 Å². The number of guanidine groups is 1. The minimum Gasteiger partial charge on any atom is -0.357 e. The van der Waals surface area contributed by atoms with Gasteiger partial charge in [-0.2, -0.15) is 0 Å². The van der Waals surface area contributed by atoms with E-state index in [-0.39, 0.29) is 23.4 Å². The number of rotatable bonds is 6. The molecule has 2 N–H and O–H groups in total. The highest BCUT2D eigenvalue weighted by molar-refractivity contribution is 7.91. The number of aryl methyl sites for hydroxylation is 1. The molecule has 2 rings (SSSR count). The SMILES string of the molecule is CCNC(=NCCN1CCS(=O)(=O)CC1)NC(C)c1ccc(C)c(F)c1. The molecule has 1 fully saturated rings. The Morgan fingerprint density at radius 2 is 2.04 bits per heavy atom. The third-order valence-corrected chi connectivity index (χ3v) is 6.13. The van der Waals surface area contributed by atoms with Crippen molar-refractivity contribution in [3.05, 3.63) is 35.1 Å². The average Bonchev–Trinajstić information content (AvgIpc) is 2.59.